The Morgan fingerprint density at radius 2 is 2.00 bits per heavy atom. The van der Waals surface area contributed by atoms with E-state index in [0.717, 1.165) is 6.42 Å². The summed E-state index contributed by atoms with van der Waals surface area (Å²) in [5.74, 6) is 0.602. The third kappa shape index (κ3) is 6.82. The molecule has 0 rings (SSSR count). The molecule has 0 bridgehead atoms. The van der Waals surface area contributed by atoms with E-state index < -0.39 is 5.38 Å². The molecular weight excluding hydrogens is 193 g/mol. The van der Waals surface area contributed by atoms with Gasteiger partial charge in [0.15, 0.2) is 0 Å². The zero-order valence-corrected chi connectivity index (χ0v) is 7.93. The summed E-state index contributed by atoms with van der Waals surface area (Å²) in [5.41, 5.74) is 0. The van der Waals surface area contributed by atoms with Crippen molar-refractivity contribution in [2.75, 3.05) is 5.88 Å². The van der Waals surface area contributed by atoms with Crippen molar-refractivity contribution >= 4 is 23.2 Å². The lowest BCUT2D eigenvalue weighted by Gasteiger charge is -2.12. The summed E-state index contributed by atoms with van der Waals surface area (Å²) in [4.78, 5) is 0. The summed E-state index contributed by atoms with van der Waals surface area (Å²) in [6.07, 6.45) is 0.951. The first kappa shape index (κ1) is 11.4. The van der Waals surface area contributed by atoms with E-state index in [1.54, 1.807) is 0 Å². The molecule has 0 aliphatic rings. The van der Waals surface area contributed by atoms with Crippen LogP contribution in [-0.2, 0) is 0 Å². The maximum atomic E-state index is 12.1. The average molecular weight is 205 g/mol. The van der Waals surface area contributed by atoms with Gasteiger partial charge in [-0.15, -0.1) is 11.6 Å². The zero-order chi connectivity index (χ0) is 8.91. The van der Waals surface area contributed by atoms with E-state index in [2.05, 4.69) is 0 Å². The summed E-state index contributed by atoms with van der Waals surface area (Å²) >= 11 is 10.2. The van der Waals surface area contributed by atoms with Crippen molar-refractivity contribution in [1.82, 2.24) is 0 Å². The second-order valence-electron chi connectivity index (χ2n) is 2.58. The van der Waals surface area contributed by atoms with Gasteiger partial charge in [-0.3, -0.25) is 0 Å². The van der Waals surface area contributed by atoms with E-state index in [-0.39, 0.29) is 12.3 Å². The van der Waals surface area contributed by atoms with Crippen LogP contribution in [0.15, 0.2) is 0 Å². The summed E-state index contributed by atoms with van der Waals surface area (Å²) in [5, 5.41) is -3.06. The second-order valence-corrected chi connectivity index (χ2v) is 3.44. The largest absolute Gasteiger partial charge is 0.321 e. The first-order chi connectivity index (χ1) is 4.99. The van der Waals surface area contributed by atoms with Crippen LogP contribution in [0.4, 0.5) is 8.78 Å². The normalized spacial score (nSPS) is 15.0. The van der Waals surface area contributed by atoms with Gasteiger partial charge in [-0.25, -0.2) is 0 Å². The molecule has 0 saturated heterocycles. The first-order valence-corrected chi connectivity index (χ1v) is 4.53. The van der Waals surface area contributed by atoms with Crippen LogP contribution in [0.1, 0.15) is 26.2 Å². The second kappa shape index (κ2) is 5.15. The Bertz CT molecular complexity index is 97.1. The predicted octanol–water partition coefficient (Wildman–Crippen LogP) is 3.86. The van der Waals surface area contributed by atoms with Gasteiger partial charge in [0.05, 0.1) is 0 Å². The Morgan fingerprint density at radius 3 is 2.27 bits per heavy atom. The summed E-state index contributed by atoms with van der Waals surface area (Å²) < 4.78 is 24.2. The van der Waals surface area contributed by atoms with Gasteiger partial charge < -0.3 is 0 Å². The Hall–Kier alpha value is 0.440. The van der Waals surface area contributed by atoms with Gasteiger partial charge in [0.2, 0.25) is 0 Å². The molecule has 68 valence electrons. The number of hydrogen-bond donors (Lipinski definition) is 0. The molecule has 4 heteroatoms. The van der Waals surface area contributed by atoms with E-state index in [0.29, 0.717) is 12.3 Å². The third-order valence-electron chi connectivity index (χ3n) is 1.63. The van der Waals surface area contributed by atoms with E-state index in [1.807, 2.05) is 6.92 Å². The van der Waals surface area contributed by atoms with E-state index in [9.17, 15) is 8.78 Å². The van der Waals surface area contributed by atoms with Crippen LogP contribution < -0.4 is 0 Å². The molecule has 0 fully saturated rings. The topological polar surface area (TPSA) is 0 Å². The average Bonchev–Trinajstić information content (AvgIpc) is 1.88. The van der Waals surface area contributed by atoms with E-state index >= 15 is 0 Å². The molecule has 0 nitrogen and oxygen atoms in total. The van der Waals surface area contributed by atoms with Crippen molar-refractivity contribution in [3.63, 3.8) is 0 Å². The smallest absolute Gasteiger partial charge is 0.188 e. The van der Waals surface area contributed by atoms with Gasteiger partial charge in [-0.05, 0) is 23.9 Å². The van der Waals surface area contributed by atoms with Crippen molar-refractivity contribution in [2.45, 2.75) is 31.6 Å². The molecule has 0 aromatic carbocycles. The maximum absolute atomic E-state index is 12.1. The van der Waals surface area contributed by atoms with Crippen molar-refractivity contribution in [1.29, 1.82) is 0 Å². The minimum Gasteiger partial charge on any atom is -0.188 e. The fraction of sp³-hybridized carbons (Fsp3) is 1.00. The molecule has 1 unspecified atom stereocenters. The molecular formula is C7H12Cl2F2. The van der Waals surface area contributed by atoms with Crippen molar-refractivity contribution in [3.8, 4) is 0 Å². The standard InChI is InChI=1S/C7H12Cl2F2/c1-2-6(5-8)3-4-7(9,10)11/h6H,2-5H2,1H3. The molecule has 0 spiro atoms. The summed E-state index contributed by atoms with van der Waals surface area (Å²) in [6, 6.07) is 0. The summed E-state index contributed by atoms with van der Waals surface area (Å²) in [7, 11) is 0. The van der Waals surface area contributed by atoms with Gasteiger partial charge in [0.1, 0.15) is 0 Å². The fourth-order valence-corrected chi connectivity index (χ4v) is 1.24. The quantitative estimate of drug-likeness (QED) is 0.597. The molecule has 0 amide bonds. The molecule has 1 atom stereocenters. The Morgan fingerprint density at radius 1 is 1.45 bits per heavy atom. The molecule has 0 aromatic heterocycles. The SMILES string of the molecule is CCC(CCl)CCC(F)(F)Cl. The highest BCUT2D eigenvalue weighted by atomic mass is 35.5. The Balaban J connectivity index is 3.51. The van der Waals surface area contributed by atoms with E-state index in [1.165, 1.54) is 0 Å². The predicted molar refractivity (Wildman–Crippen MR) is 44.5 cm³/mol. The van der Waals surface area contributed by atoms with Crippen molar-refractivity contribution in [3.05, 3.63) is 0 Å². The van der Waals surface area contributed by atoms with Gasteiger partial charge in [-0.2, -0.15) is 8.78 Å². The highest BCUT2D eigenvalue weighted by Crippen LogP contribution is 2.28. The molecule has 11 heavy (non-hydrogen) atoms. The number of alkyl halides is 4. The minimum absolute atomic E-state index is 0.168. The zero-order valence-electron chi connectivity index (χ0n) is 6.42. The van der Waals surface area contributed by atoms with Crippen LogP contribution in [0, 0.1) is 5.92 Å². The number of rotatable bonds is 5. The van der Waals surface area contributed by atoms with Crippen LogP contribution in [0.2, 0.25) is 0 Å². The molecule has 0 N–H and O–H groups in total. The molecule has 0 aromatic rings. The van der Waals surface area contributed by atoms with Crippen LogP contribution >= 0.6 is 23.2 Å². The minimum atomic E-state index is -3.06. The van der Waals surface area contributed by atoms with Gasteiger partial charge >= 0.3 is 5.38 Å². The molecule has 0 aliphatic carbocycles. The highest BCUT2D eigenvalue weighted by molar-refractivity contribution is 6.21. The highest BCUT2D eigenvalue weighted by Gasteiger charge is 2.25. The molecule has 0 radical (unpaired) electrons. The van der Waals surface area contributed by atoms with Crippen LogP contribution in [0.5, 0.6) is 0 Å². The Labute approximate surface area is 75.9 Å². The number of halogens is 4. The van der Waals surface area contributed by atoms with Crippen molar-refractivity contribution < 1.29 is 8.78 Å². The first-order valence-electron chi connectivity index (χ1n) is 3.62. The fourth-order valence-electron chi connectivity index (χ4n) is 0.758. The molecule has 0 aliphatic heterocycles. The maximum Gasteiger partial charge on any atom is 0.321 e. The van der Waals surface area contributed by atoms with E-state index in [4.69, 9.17) is 23.2 Å². The number of hydrogen-bond acceptors (Lipinski definition) is 0. The van der Waals surface area contributed by atoms with Crippen LogP contribution in [0.3, 0.4) is 0 Å². The van der Waals surface area contributed by atoms with Gasteiger partial charge in [0.25, 0.3) is 0 Å². The van der Waals surface area contributed by atoms with Crippen molar-refractivity contribution in [2.24, 2.45) is 5.92 Å². The Kier molecular flexibility index (Phi) is 5.36. The summed E-state index contributed by atoms with van der Waals surface area (Å²) in [6.45, 7) is 1.93. The van der Waals surface area contributed by atoms with Crippen LogP contribution in [-0.4, -0.2) is 11.3 Å². The van der Waals surface area contributed by atoms with Gasteiger partial charge in [-0.1, -0.05) is 13.3 Å². The molecule has 0 saturated carbocycles. The lowest BCUT2D eigenvalue weighted by molar-refractivity contribution is 0.0786. The monoisotopic (exact) mass is 204 g/mol. The lowest BCUT2D eigenvalue weighted by atomic mass is 10.0. The van der Waals surface area contributed by atoms with Crippen LogP contribution in [0.25, 0.3) is 0 Å². The van der Waals surface area contributed by atoms with Gasteiger partial charge in [0, 0.05) is 12.3 Å². The molecule has 0 heterocycles. The third-order valence-corrected chi connectivity index (χ3v) is 2.26. The lowest BCUT2D eigenvalue weighted by Crippen LogP contribution is -2.10.